The molecule has 0 heterocycles. The molecule has 15 heavy (non-hydrogen) atoms. The molecule has 1 aromatic carbocycles. The summed E-state index contributed by atoms with van der Waals surface area (Å²) in [4.78, 5) is 0. The van der Waals surface area contributed by atoms with Crippen molar-refractivity contribution in [3.05, 3.63) is 35.9 Å². The van der Waals surface area contributed by atoms with E-state index in [2.05, 4.69) is 0 Å². The Balaban J connectivity index is 2.39. The van der Waals surface area contributed by atoms with Gasteiger partial charge in [0.2, 0.25) is 0 Å². The first kappa shape index (κ1) is 12.2. The van der Waals surface area contributed by atoms with Crippen LogP contribution in [0.1, 0.15) is 25.0 Å². The molecule has 0 aromatic heterocycles. The smallest absolute Gasteiger partial charge is 0.128 e. The number of aliphatic hydroxyl groups excluding tert-OH is 2. The van der Waals surface area contributed by atoms with Crippen molar-refractivity contribution in [2.24, 2.45) is 0 Å². The molecule has 3 heteroatoms. The quantitative estimate of drug-likeness (QED) is 0.621. The van der Waals surface area contributed by atoms with Gasteiger partial charge in [0, 0.05) is 0 Å². The number of hydrogen-bond acceptors (Lipinski definition) is 2. The molecule has 0 radical (unpaired) electrons. The fraction of sp³-hybridized carbons (Fsp3) is 0.500. The van der Waals surface area contributed by atoms with E-state index in [1.807, 2.05) is 42.6 Å². The van der Waals surface area contributed by atoms with Crippen molar-refractivity contribution < 1.29 is 15.5 Å². The molecule has 84 valence electrons. The Morgan fingerprint density at radius 3 is 2.47 bits per heavy atom. The van der Waals surface area contributed by atoms with Crippen LogP contribution in [0.2, 0.25) is 0 Å². The maximum absolute atomic E-state index is 9.85. The minimum atomic E-state index is -0.452. The molecule has 0 saturated heterocycles. The van der Waals surface area contributed by atoms with Crippen LogP contribution in [0.5, 0.6) is 0 Å². The van der Waals surface area contributed by atoms with E-state index >= 15 is 0 Å². The van der Waals surface area contributed by atoms with Crippen molar-refractivity contribution in [3.63, 3.8) is 0 Å². The van der Waals surface area contributed by atoms with Gasteiger partial charge >= 0.3 is 0 Å². The monoisotopic (exact) mass is 210 g/mol. The second-order valence-corrected chi connectivity index (χ2v) is 3.75. The van der Waals surface area contributed by atoms with Gasteiger partial charge in [-0.1, -0.05) is 37.3 Å². The third kappa shape index (κ3) is 4.00. The zero-order valence-electron chi connectivity index (χ0n) is 9.13. The third-order valence-electron chi connectivity index (χ3n) is 2.64. The van der Waals surface area contributed by atoms with Gasteiger partial charge in [-0.15, -0.1) is 0 Å². The lowest BCUT2D eigenvalue weighted by Gasteiger charge is -2.14. The molecule has 2 atom stereocenters. The highest BCUT2D eigenvalue weighted by Gasteiger charge is 2.12. The van der Waals surface area contributed by atoms with Gasteiger partial charge in [-0.05, 0) is 12.0 Å². The van der Waals surface area contributed by atoms with Crippen LogP contribution in [-0.4, -0.2) is 29.4 Å². The Morgan fingerprint density at radius 2 is 1.93 bits per heavy atom. The van der Waals surface area contributed by atoms with Gasteiger partial charge in [-0.3, -0.25) is 0 Å². The number of rotatable bonds is 6. The second kappa shape index (κ2) is 6.56. The highest BCUT2D eigenvalue weighted by molar-refractivity contribution is 5.16. The van der Waals surface area contributed by atoms with Crippen LogP contribution in [-0.2, 0) is 0 Å². The van der Waals surface area contributed by atoms with Crippen LogP contribution >= 0.6 is 0 Å². The number of quaternary nitrogens is 1. The molecule has 4 N–H and O–H groups in total. The van der Waals surface area contributed by atoms with E-state index in [1.54, 1.807) is 0 Å². The predicted molar refractivity (Wildman–Crippen MR) is 59.4 cm³/mol. The fourth-order valence-electron chi connectivity index (χ4n) is 1.50. The largest absolute Gasteiger partial charge is 0.390 e. The lowest BCUT2D eigenvalue weighted by molar-refractivity contribution is -0.697. The van der Waals surface area contributed by atoms with Crippen molar-refractivity contribution in [3.8, 4) is 0 Å². The molecule has 0 bridgehead atoms. The van der Waals surface area contributed by atoms with Gasteiger partial charge in [0.15, 0.2) is 0 Å². The summed E-state index contributed by atoms with van der Waals surface area (Å²) < 4.78 is 0. The Labute approximate surface area is 90.8 Å². The van der Waals surface area contributed by atoms with Crippen LogP contribution in [0.25, 0.3) is 0 Å². The SMILES string of the molecule is CC[C@H](CO)[NH2+]C[C@H](O)c1ccccc1. The summed E-state index contributed by atoms with van der Waals surface area (Å²) >= 11 is 0. The average Bonchev–Trinajstić information content (AvgIpc) is 2.31. The first-order valence-corrected chi connectivity index (χ1v) is 5.45. The number of aliphatic hydroxyl groups is 2. The summed E-state index contributed by atoms with van der Waals surface area (Å²) in [7, 11) is 0. The van der Waals surface area contributed by atoms with Gasteiger partial charge < -0.3 is 15.5 Å². The molecule has 0 aliphatic carbocycles. The van der Waals surface area contributed by atoms with Gasteiger partial charge in [0.1, 0.15) is 18.7 Å². The van der Waals surface area contributed by atoms with Crippen LogP contribution in [0, 0.1) is 0 Å². The minimum Gasteiger partial charge on any atom is -0.390 e. The first-order chi connectivity index (χ1) is 7.27. The molecule has 1 aromatic rings. The summed E-state index contributed by atoms with van der Waals surface area (Å²) in [6, 6.07) is 9.80. The molecule has 0 aliphatic heterocycles. The molecule has 0 saturated carbocycles. The molecule has 0 fully saturated rings. The van der Waals surface area contributed by atoms with Crippen molar-refractivity contribution in [2.75, 3.05) is 13.2 Å². The van der Waals surface area contributed by atoms with Gasteiger partial charge in [0.25, 0.3) is 0 Å². The van der Waals surface area contributed by atoms with Crippen LogP contribution in [0.4, 0.5) is 0 Å². The lowest BCUT2D eigenvalue weighted by Crippen LogP contribution is -2.91. The fourth-order valence-corrected chi connectivity index (χ4v) is 1.50. The summed E-state index contributed by atoms with van der Waals surface area (Å²) in [5.74, 6) is 0. The highest BCUT2D eigenvalue weighted by Crippen LogP contribution is 2.09. The first-order valence-electron chi connectivity index (χ1n) is 5.45. The highest BCUT2D eigenvalue weighted by atomic mass is 16.3. The molecule has 0 spiro atoms. The van der Waals surface area contributed by atoms with Crippen molar-refractivity contribution in [1.29, 1.82) is 0 Å². The van der Waals surface area contributed by atoms with Crippen molar-refractivity contribution >= 4 is 0 Å². The Kier molecular flexibility index (Phi) is 5.32. The molecule has 0 aliphatic rings. The third-order valence-corrected chi connectivity index (χ3v) is 2.64. The van der Waals surface area contributed by atoms with Gasteiger partial charge in [0.05, 0.1) is 6.61 Å². The van der Waals surface area contributed by atoms with Gasteiger partial charge in [-0.25, -0.2) is 0 Å². The molecule has 3 nitrogen and oxygen atoms in total. The van der Waals surface area contributed by atoms with E-state index in [1.165, 1.54) is 0 Å². The topological polar surface area (TPSA) is 57.1 Å². The zero-order chi connectivity index (χ0) is 11.1. The van der Waals surface area contributed by atoms with Crippen LogP contribution in [0.15, 0.2) is 30.3 Å². The number of benzene rings is 1. The maximum atomic E-state index is 9.85. The van der Waals surface area contributed by atoms with Crippen LogP contribution in [0.3, 0.4) is 0 Å². The average molecular weight is 210 g/mol. The predicted octanol–water partition coefficient (Wildman–Crippen LogP) is 0.0543. The standard InChI is InChI=1S/C12H19NO2/c1-2-11(9-14)13-8-12(15)10-6-4-3-5-7-10/h3-7,11-15H,2,8-9H2,1H3/p+1/t11-,12+/m1/s1. The molecular weight excluding hydrogens is 190 g/mol. The Morgan fingerprint density at radius 1 is 1.27 bits per heavy atom. The summed E-state index contributed by atoms with van der Waals surface area (Å²) in [6.45, 7) is 2.80. The second-order valence-electron chi connectivity index (χ2n) is 3.75. The lowest BCUT2D eigenvalue weighted by atomic mass is 10.1. The summed E-state index contributed by atoms with van der Waals surface area (Å²) in [5.41, 5.74) is 0.932. The van der Waals surface area contributed by atoms with E-state index in [4.69, 9.17) is 5.11 Å². The zero-order valence-corrected chi connectivity index (χ0v) is 9.13. The normalized spacial score (nSPS) is 14.9. The number of nitrogens with two attached hydrogens (primary N) is 1. The Bertz CT molecular complexity index is 260. The van der Waals surface area contributed by atoms with E-state index in [9.17, 15) is 5.11 Å². The van der Waals surface area contributed by atoms with Crippen molar-refractivity contribution in [1.82, 2.24) is 0 Å². The van der Waals surface area contributed by atoms with Gasteiger partial charge in [-0.2, -0.15) is 0 Å². The van der Waals surface area contributed by atoms with Crippen molar-refractivity contribution in [2.45, 2.75) is 25.5 Å². The molecule has 0 amide bonds. The number of hydrogen-bond donors (Lipinski definition) is 3. The van der Waals surface area contributed by atoms with E-state index in [0.717, 1.165) is 12.0 Å². The summed E-state index contributed by atoms with van der Waals surface area (Å²) in [6.07, 6.45) is 0.463. The van der Waals surface area contributed by atoms with E-state index < -0.39 is 6.10 Å². The molecular formula is C12H20NO2+. The van der Waals surface area contributed by atoms with E-state index in [0.29, 0.717) is 6.54 Å². The maximum Gasteiger partial charge on any atom is 0.128 e. The summed E-state index contributed by atoms with van der Waals surface area (Å²) in [5, 5.41) is 20.8. The van der Waals surface area contributed by atoms with Crippen LogP contribution < -0.4 is 5.32 Å². The van der Waals surface area contributed by atoms with E-state index in [-0.39, 0.29) is 12.6 Å². The minimum absolute atomic E-state index is 0.165. The Hall–Kier alpha value is -0.900. The molecule has 1 rings (SSSR count). The molecule has 0 unspecified atom stereocenters.